The quantitative estimate of drug-likeness (QED) is 0.305. The monoisotopic (exact) mass is 253 g/mol. The lowest BCUT2D eigenvalue weighted by atomic mass is 10.1. The van der Waals surface area contributed by atoms with Gasteiger partial charge in [-0.05, 0) is 13.3 Å². The van der Waals surface area contributed by atoms with Gasteiger partial charge in [-0.1, -0.05) is 12.1 Å². The van der Waals surface area contributed by atoms with E-state index in [1.54, 1.807) is 11.7 Å². The summed E-state index contributed by atoms with van der Waals surface area (Å²) in [6.07, 6.45) is 2.54. The molecule has 18 heavy (non-hydrogen) atoms. The van der Waals surface area contributed by atoms with Crippen LogP contribution in [0.15, 0.2) is 11.4 Å². The van der Waals surface area contributed by atoms with E-state index in [2.05, 4.69) is 15.6 Å². The van der Waals surface area contributed by atoms with Crippen LogP contribution in [0.1, 0.15) is 35.8 Å². The number of nitrogens with zero attached hydrogens (tertiary/aromatic N) is 3. The van der Waals surface area contributed by atoms with E-state index >= 15 is 0 Å². The highest BCUT2D eigenvalue weighted by Crippen LogP contribution is 2.07. The lowest BCUT2D eigenvalue weighted by Crippen LogP contribution is -2.37. The van der Waals surface area contributed by atoms with Crippen molar-refractivity contribution in [2.75, 3.05) is 0 Å². The number of hydrogen-bond acceptors (Lipinski definition) is 4. The lowest BCUT2D eigenvalue weighted by molar-refractivity contribution is 0.0936. The first-order valence-electron chi connectivity index (χ1n) is 5.75. The largest absolute Gasteiger partial charge is 0.409 e. The van der Waals surface area contributed by atoms with Gasteiger partial charge in [0.2, 0.25) is 0 Å². The van der Waals surface area contributed by atoms with E-state index in [9.17, 15) is 4.79 Å². The molecule has 0 fully saturated rings. The second-order valence-corrected chi connectivity index (χ2v) is 4.14. The predicted octanol–water partition coefficient (Wildman–Crippen LogP) is 0.373. The van der Waals surface area contributed by atoms with Crippen LogP contribution < -0.4 is 11.1 Å². The van der Waals surface area contributed by atoms with E-state index in [1.165, 1.54) is 6.20 Å². The van der Waals surface area contributed by atoms with Crippen LogP contribution in [0, 0.1) is 6.92 Å². The fourth-order valence-electron chi connectivity index (χ4n) is 1.58. The van der Waals surface area contributed by atoms with E-state index in [0.717, 1.165) is 5.69 Å². The number of amides is 1. The summed E-state index contributed by atoms with van der Waals surface area (Å²) in [6, 6.07) is -0.159. The molecule has 0 saturated heterocycles. The Balaban J connectivity index is 2.71. The van der Waals surface area contributed by atoms with Crippen molar-refractivity contribution in [1.29, 1.82) is 0 Å². The van der Waals surface area contributed by atoms with Gasteiger partial charge in [-0.15, -0.1) is 0 Å². The first-order chi connectivity index (χ1) is 8.49. The molecule has 7 nitrogen and oxygen atoms in total. The lowest BCUT2D eigenvalue weighted by Gasteiger charge is -2.15. The molecule has 1 amide bonds. The van der Waals surface area contributed by atoms with Gasteiger partial charge in [0.15, 0.2) is 0 Å². The Morgan fingerprint density at radius 2 is 2.39 bits per heavy atom. The Morgan fingerprint density at radius 3 is 2.83 bits per heavy atom. The van der Waals surface area contributed by atoms with E-state index < -0.39 is 0 Å². The molecular weight excluding hydrogens is 234 g/mol. The van der Waals surface area contributed by atoms with Gasteiger partial charge < -0.3 is 16.3 Å². The highest BCUT2D eigenvalue weighted by molar-refractivity contribution is 5.95. The molecule has 1 atom stereocenters. The number of nitrogens with one attached hydrogen (secondary N) is 1. The molecular formula is C11H19N5O2. The Labute approximate surface area is 106 Å². The van der Waals surface area contributed by atoms with Crippen molar-refractivity contribution >= 4 is 11.7 Å². The average Bonchev–Trinajstić information content (AvgIpc) is 2.68. The van der Waals surface area contributed by atoms with Gasteiger partial charge in [0.1, 0.15) is 5.84 Å². The molecule has 1 aromatic heterocycles. The van der Waals surface area contributed by atoms with Gasteiger partial charge in [0.25, 0.3) is 5.91 Å². The molecule has 100 valence electrons. The molecule has 0 aliphatic heterocycles. The van der Waals surface area contributed by atoms with Crippen molar-refractivity contribution in [3.05, 3.63) is 17.5 Å². The van der Waals surface area contributed by atoms with Crippen molar-refractivity contribution in [3.8, 4) is 0 Å². The molecule has 0 bridgehead atoms. The summed E-state index contributed by atoms with van der Waals surface area (Å²) in [4.78, 5) is 12.0. The molecule has 0 saturated carbocycles. The highest BCUT2D eigenvalue weighted by atomic mass is 16.4. The number of aryl methyl sites for hydroxylation is 1. The summed E-state index contributed by atoms with van der Waals surface area (Å²) in [5.74, 6) is -0.0942. The summed E-state index contributed by atoms with van der Waals surface area (Å²) in [5.41, 5.74) is 6.76. The van der Waals surface area contributed by atoms with Gasteiger partial charge in [0, 0.05) is 25.2 Å². The number of nitrogens with two attached hydrogens (primary N) is 1. The molecule has 0 radical (unpaired) electrons. The Hall–Kier alpha value is -2.05. The highest BCUT2D eigenvalue weighted by Gasteiger charge is 2.17. The van der Waals surface area contributed by atoms with Crippen molar-refractivity contribution in [2.45, 2.75) is 32.7 Å². The second-order valence-electron chi connectivity index (χ2n) is 4.14. The molecule has 1 heterocycles. The molecule has 0 aliphatic rings. The van der Waals surface area contributed by atoms with E-state index in [0.29, 0.717) is 18.4 Å². The SMILES string of the molecule is CCC(CC(N)=NO)NC(=O)c1cnn(C)c1C. The summed E-state index contributed by atoms with van der Waals surface area (Å²) in [6.45, 7) is 3.75. The van der Waals surface area contributed by atoms with Gasteiger partial charge in [-0.3, -0.25) is 9.48 Å². The third-order valence-electron chi connectivity index (χ3n) is 2.89. The van der Waals surface area contributed by atoms with Crippen LogP contribution in [0.5, 0.6) is 0 Å². The number of hydrogen-bond donors (Lipinski definition) is 3. The third kappa shape index (κ3) is 3.22. The number of amidine groups is 1. The second kappa shape index (κ2) is 6.04. The zero-order valence-electron chi connectivity index (χ0n) is 10.8. The Kier molecular flexibility index (Phi) is 4.70. The normalized spacial score (nSPS) is 13.4. The van der Waals surface area contributed by atoms with Crippen molar-refractivity contribution in [2.24, 2.45) is 17.9 Å². The number of carbonyl (C=O) groups excluding carboxylic acids is 1. The minimum atomic E-state index is -0.196. The first-order valence-corrected chi connectivity index (χ1v) is 5.75. The predicted molar refractivity (Wildman–Crippen MR) is 67.5 cm³/mol. The van der Waals surface area contributed by atoms with Crippen LogP contribution in [0.4, 0.5) is 0 Å². The molecule has 0 spiro atoms. The van der Waals surface area contributed by atoms with Crippen LogP contribution in [0.25, 0.3) is 0 Å². The molecule has 1 rings (SSSR count). The maximum Gasteiger partial charge on any atom is 0.254 e. The smallest absolute Gasteiger partial charge is 0.254 e. The van der Waals surface area contributed by atoms with E-state index in [1.807, 2.05) is 13.8 Å². The zero-order valence-corrected chi connectivity index (χ0v) is 10.8. The third-order valence-corrected chi connectivity index (χ3v) is 2.89. The summed E-state index contributed by atoms with van der Waals surface area (Å²) >= 11 is 0. The molecule has 1 aromatic rings. The molecule has 0 aromatic carbocycles. The maximum absolute atomic E-state index is 12.0. The molecule has 7 heteroatoms. The van der Waals surface area contributed by atoms with Crippen molar-refractivity contribution in [1.82, 2.24) is 15.1 Å². The van der Waals surface area contributed by atoms with Crippen LogP contribution in [0.3, 0.4) is 0 Å². The molecule has 1 unspecified atom stereocenters. The fraction of sp³-hybridized carbons (Fsp3) is 0.545. The standard InChI is InChI=1S/C11H19N5O2/c1-4-8(5-10(12)15-18)14-11(17)9-6-13-16(3)7(9)2/h6,8,18H,4-5H2,1-3H3,(H2,12,15)(H,14,17). The summed E-state index contributed by atoms with van der Waals surface area (Å²) < 4.78 is 1.64. The van der Waals surface area contributed by atoms with Crippen molar-refractivity contribution in [3.63, 3.8) is 0 Å². The van der Waals surface area contributed by atoms with Crippen molar-refractivity contribution < 1.29 is 10.0 Å². The number of oxime groups is 1. The van der Waals surface area contributed by atoms with Crippen LogP contribution in [0.2, 0.25) is 0 Å². The summed E-state index contributed by atoms with van der Waals surface area (Å²) in [5, 5.41) is 18.3. The topological polar surface area (TPSA) is 106 Å². The van der Waals surface area contributed by atoms with Gasteiger partial charge in [-0.25, -0.2) is 0 Å². The fourth-order valence-corrected chi connectivity index (χ4v) is 1.58. The van der Waals surface area contributed by atoms with Crippen LogP contribution in [-0.2, 0) is 7.05 Å². The number of rotatable bonds is 5. The minimum absolute atomic E-state index is 0.102. The van der Waals surface area contributed by atoms with Gasteiger partial charge in [0.05, 0.1) is 11.8 Å². The maximum atomic E-state index is 12.0. The van der Waals surface area contributed by atoms with E-state index in [4.69, 9.17) is 10.9 Å². The van der Waals surface area contributed by atoms with E-state index in [-0.39, 0.29) is 17.8 Å². The average molecular weight is 253 g/mol. The number of aromatic nitrogens is 2. The Morgan fingerprint density at radius 1 is 1.72 bits per heavy atom. The zero-order chi connectivity index (χ0) is 13.7. The van der Waals surface area contributed by atoms with Crippen LogP contribution >= 0.6 is 0 Å². The van der Waals surface area contributed by atoms with Gasteiger partial charge >= 0.3 is 0 Å². The Bertz CT molecular complexity index is 452. The molecule has 0 aliphatic carbocycles. The first kappa shape index (κ1) is 14.0. The van der Waals surface area contributed by atoms with Crippen LogP contribution in [-0.4, -0.2) is 32.8 Å². The minimum Gasteiger partial charge on any atom is -0.409 e. The molecule has 4 N–H and O–H groups in total. The number of carbonyl (C=O) groups is 1. The summed E-state index contributed by atoms with van der Waals surface area (Å²) in [7, 11) is 1.78. The van der Waals surface area contributed by atoms with Gasteiger partial charge in [-0.2, -0.15) is 5.10 Å².